The van der Waals surface area contributed by atoms with Crippen molar-refractivity contribution < 1.29 is 28.9 Å². The average Bonchev–Trinajstić information content (AvgIpc) is 3.44. The smallest absolute Gasteiger partial charge is 0.326 e. The van der Waals surface area contributed by atoms with Crippen LogP contribution >= 0.6 is 11.8 Å². The van der Waals surface area contributed by atoms with Gasteiger partial charge in [-0.25, -0.2) is 4.79 Å². The van der Waals surface area contributed by atoms with E-state index in [1.165, 1.54) is 19.3 Å². The second-order valence-electron chi connectivity index (χ2n) is 11.7. The van der Waals surface area contributed by atoms with Crippen LogP contribution in [0.15, 0.2) is 42.5 Å². The van der Waals surface area contributed by atoms with E-state index in [1.807, 2.05) is 56.5 Å². The predicted molar refractivity (Wildman–Crippen MR) is 178 cm³/mol. The van der Waals surface area contributed by atoms with Gasteiger partial charge in [0.15, 0.2) is 0 Å². The number of hydrogen-bond acceptors (Lipinski definition) is 7. The monoisotopic (exact) mass is 628 g/mol. The van der Waals surface area contributed by atoms with Gasteiger partial charge in [-0.2, -0.15) is 11.8 Å². The summed E-state index contributed by atoms with van der Waals surface area (Å²) in [6.07, 6.45) is 9.93. The summed E-state index contributed by atoms with van der Waals surface area (Å²) in [5.74, 6) is -0.720. The minimum Gasteiger partial charge on any atom is -0.480 e. The Morgan fingerprint density at radius 1 is 1.07 bits per heavy atom. The van der Waals surface area contributed by atoms with Crippen molar-refractivity contribution in [1.82, 2.24) is 10.2 Å². The van der Waals surface area contributed by atoms with Crippen LogP contribution in [0.5, 0.6) is 0 Å². The molecule has 1 saturated carbocycles. The van der Waals surface area contributed by atoms with Gasteiger partial charge in [0.1, 0.15) is 6.04 Å². The Kier molecular flexibility index (Phi) is 15.7. The Morgan fingerprint density at radius 3 is 2.43 bits per heavy atom. The van der Waals surface area contributed by atoms with Crippen molar-refractivity contribution in [2.24, 2.45) is 0 Å². The molecule has 2 aliphatic rings. The molecule has 9 heteroatoms. The predicted octanol–water partition coefficient (Wildman–Crippen LogP) is 6.19. The van der Waals surface area contributed by atoms with Gasteiger partial charge in [0.05, 0.1) is 18.8 Å². The number of likely N-dealkylation sites (tertiary alicyclic amines) is 1. The number of aliphatic carboxylic acids is 1. The molecule has 3 atom stereocenters. The van der Waals surface area contributed by atoms with Crippen LogP contribution in [0.25, 0.3) is 11.1 Å². The van der Waals surface area contributed by atoms with E-state index in [9.17, 15) is 14.7 Å². The summed E-state index contributed by atoms with van der Waals surface area (Å²) >= 11 is 1.57. The standard InChI is InChI=1S/C32H44N2O5S.C3H8O/c1-22-9-7-8-12-27(22)29-17-23(13-14-28(29)31(35)33-30(32(36)37)15-16-40-3)19-34-20-26(38-2)18-24(34)21-39-25-10-5-4-6-11-25;1-3-4-2/h7-9,12-14,17,24-26,30H,4-6,10-11,15-16,18-21H2,1-3H3,(H,33,35)(H,36,37);3H2,1-2H3/t24-,26?,30?;/m0./s1. The third-order valence-electron chi connectivity index (χ3n) is 8.55. The van der Waals surface area contributed by atoms with Crippen molar-refractivity contribution in [2.75, 3.05) is 46.0 Å². The lowest BCUT2D eigenvalue weighted by molar-refractivity contribution is -0.139. The number of nitrogens with zero attached hydrogens (tertiary/aromatic N) is 1. The van der Waals surface area contributed by atoms with Gasteiger partial charge >= 0.3 is 5.97 Å². The lowest BCUT2D eigenvalue weighted by atomic mass is 9.93. The summed E-state index contributed by atoms with van der Waals surface area (Å²) < 4.78 is 16.7. The molecule has 4 rings (SSSR count). The fourth-order valence-corrected chi connectivity index (χ4v) is 6.38. The van der Waals surface area contributed by atoms with Gasteiger partial charge in [-0.3, -0.25) is 9.69 Å². The third kappa shape index (κ3) is 10.9. The van der Waals surface area contributed by atoms with Crippen LogP contribution in [0.2, 0.25) is 0 Å². The molecule has 1 saturated heterocycles. The zero-order chi connectivity index (χ0) is 31.9. The van der Waals surface area contributed by atoms with E-state index in [-0.39, 0.29) is 18.1 Å². The van der Waals surface area contributed by atoms with Gasteiger partial charge in [-0.05, 0) is 85.9 Å². The van der Waals surface area contributed by atoms with Gasteiger partial charge in [-0.1, -0.05) is 49.6 Å². The Hall–Kier alpha value is -2.43. The van der Waals surface area contributed by atoms with Gasteiger partial charge < -0.3 is 24.6 Å². The minimum atomic E-state index is -1.01. The number of nitrogens with one attached hydrogen (secondary N) is 1. The number of rotatable bonds is 14. The molecule has 8 nitrogen and oxygen atoms in total. The summed E-state index contributed by atoms with van der Waals surface area (Å²) in [5.41, 5.74) is 4.44. The molecule has 0 aromatic heterocycles. The number of amides is 1. The topological polar surface area (TPSA) is 97.3 Å². The first-order chi connectivity index (χ1) is 21.3. The average molecular weight is 629 g/mol. The first kappa shape index (κ1) is 36.0. The van der Waals surface area contributed by atoms with E-state index in [0.29, 0.717) is 30.4 Å². The van der Waals surface area contributed by atoms with Crippen molar-refractivity contribution in [1.29, 1.82) is 0 Å². The number of benzene rings is 2. The van der Waals surface area contributed by atoms with Crippen LogP contribution in [-0.2, 0) is 25.5 Å². The second-order valence-corrected chi connectivity index (χ2v) is 12.7. The van der Waals surface area contributed by atoms with Crippen LogP contribution in [-0.4, -0.2) is 92.2 Å². The molecule has 2 unspecified atom stereocenters. The number of ether oxygens (including phenoxy) is 3. The Balaban J connectivity index is 0.00000124. The lowest BCUT2D eigenvalue weighted by Gasteiger charge is -2.28. The first-order valence-corrected chi connectivity index (χ1v) is 17.3. The molecule has 2 aromatic carbocycles. The summed E-state index contributed by atoms with van der Waals surface area (Å²) in [6, 6.07) is 13.3. The number of carboxylic acid groups (broad SMARTS) is 1. The molecule has 2 fully saturated rings. The number of methoxy groups -OCH3 is 2. The maximum Gasteiger partial charge on any atom is 0.326 e. The number of carbonyl (C=O) groups excluding carboxylic acids is 1. The fraction of sp³-hybridized carbons (Fsp3) is 0.600. The molecular weight excluding hydrogens is 576 g/mol. The van der Waals surface area contributed by atoms with Crippen LogP contribution in [0, 0.1) is 6.92 Å². The maximum absolute atomic E-state index is 13.4. The van der Waals surface area contributed by atoms with Crippen LogP contribution < -0.4 is 5.32 Å². The van der Waals surface area contributed by atoms with Crippen molar-refractivity contribution in [3.8, 4) is 11.1 Å². The molecule has 1 aliphatic carbocycles. The Morgan fingerprint density at radius 2 is 1.80 bits per heavy atom. The molecular formula is C35H52N2O6S. The van der Waals surface area contributed by atoms with Crippen LogP contribution in [0.3, 0.4) is 0 Å². The molecule has 2 N–H and O–H groups in total. The van der Waals surface area contributed by atoms with Crippen LogP contribution in [0.4, 0.5) is 0 Å². The minimum absolute atomic E-state index is 0.176. The zero-order valence-electron chi connectivity index (χ0n) is 27.2. The molecule has 44 heavy (non-hydrogen) atoms. The molecule has 0 spiro atoms. The third-order valence-corrected chi connectivity index (χ3v) is 9.20. The quantitative estimate of drug-likeness (QED) is 0.256. The van der Waals surface area contributed by atoms with Gasteiger partial charge in [0.2, 0.25) is 0 Å². The van der Waals surface area contributed by atoms with E-state index in [4.69, 9.17) is 9.47 Å². The van der Waals surface area contributed by atoms with Crippen molar-refractivity contribution in [3.63, 3.8) is 0 Å². The van der Waals surface area contributed by atoms with Crippen molar-refractivity contribution in [2.45, 2.75) is 89.6 Å². The second kappa shape index (κ2) is 19.2. The highest BCUT2D eigenvalue weighted by atomic mass is 32.2. The van der Waals surface area contributed by atoms with E-state index in [1.54, 1.807) is 26.0 Å². The number of carboxylic acids is 1. The van der Waals surface area contributed by atoms with E-state index in [2.05, 4.69) is 21.0 Å². The Labute approximate surface area is 268 Å². The SMILES string of the molecule is CCOC.COC1C[C@@H](COC2CCCCC2)N(Cc2ccc(C(=O)NC(CCSC)C(=O)O)c(-c3ccccc3C)c2)C1. The molecule has 1 aliphatic heterocycles. The number of aryl methyl sites for hydroxylation is 1. The number of thioether (sulfide) groups is 1. The highest BCUT2D eigenvalue weighted by Crippen LogP contribution is 2.31. The van der Waals surface area contributed by atoms with Crippen LogP contribution in [0.1, 0.15) is 73.4 Å². The first-order valence-electron chi connectivity index (χ1n) is 15.9. The molecule has 0 radical (unpaired) electrons. The van der Waals surface area contributed by atoms with Gasteiger partial charge in [0.25, 0.3) is 5.91 Å². The maximum atomic E-state index is 13.4. The normalized spacial score (nSPS) is 19.7. The van der Waals surface area contributed by atoms with Gasteiger partial charge in [-0.15, -0.1) is 0 Å². The van der Waals surface area contributed by atoms with Crippen molar-refractivity contribution >= 4 is 23.6 Å². The molecule has 0 bridgehead atoms. The summed E-state index contributed by atoms with van der Waals surface area (Å²) in [7, 11) is 3.46. The van der Waals surface area contributed by atoms with E-state index in [0.717, 1.165) is 61.2 Å². The summed E-state index contributed by atoms with van der Waals surface area (Å²) in [4.78, 5) is 27.7. The van der Waals surface area contributed by atoms with Crippen molar-refractivity contribution in [3.05, 3.63) is 59.2 Å². The molecule has 1 heterocycles. The lowest BCUT2D eigenvalue weighted by Crippen LogP contribution is -2.41. The highest BCUT2D eigenvalue weighted by molar-refractivity contribution is 7.98. The van der Waals surface area contributed by atoms with E-state index >= 15 is 0 Å². The highest BCUT2D eigenvalue weighted by Gasteiger charge is 2.33. The van der Waals surface area contributed by atoms with Gasteiger partial charge in [0, 0.05) is 45.5 Å². The number of hydrogen-bond donors (Lipinski definition) is 2. The number of carbonyl (C=O) groups is 2. The fourth-order valence-electron chi connectivity index (χ4n) is 5.90. The molecule has 1 amide bonds. The molecule has 2 aromatic rings. The summed E-state index contributed by atoms with van der Waals surface area (Å²) in [5, 5.41) is 12.4. The zero-order valence-corrected chi connectivity index (χ0v) is 28.0. The molecule has 244 valence electrons. The van der Waals surface area contributed by atoms with E-state index < -0.39 is 12.0 Å². The summed E-state index contributed by atoms with van der Waals surface area (Å²) in [6.45, 7) is 7.09. The Bertz CT molecular complexity index is 1170. The largest absolute Gasteiger partial charge is 0.480 e.